The Labute approximate surface area is 199 Å². The zero-order valence-electron chi connectivity index (χ0n) is 15.8. The van der Waals surface area contributed by atoms with E-state index in [1.807, 2.05) is 7.05 Å². The van der Waals surface area contributed by atoms with E-state index in [9.17, 15) is 19.8 Å². The highest BCUT2D eigenvalue weighted by Crippen LogP contribution is 2.44. The molecule has 0 saturated heterocycles. The molecule has 4 rings (SSSR count). The molecule has 4 N–H and O–H groups in total. The third-order valence-corrected chi connectivity index (χ3v) is 6.93. The third-order valence-electron chi connectivity index (χ3n) is 5.23. The molecule has 158 valence electrons. The van der Waals surface area contributed by atoms with E-state index in [0.29, 0.717) is 0 Å². The zero-order chi connectivity index (χ0) is 21.6. The molecule has 0 spiro atoms. The minimum absolute atomic E-state index is 0.0145. The molecule has 8 nitrogen and oxygen atoms in total. The highest BCUT2D eigenvalue weighted by Gasteiger charge is 2.58. The number of ether oxygens (including phenoxy) is 2. The number of hydrogen-bond donors (Lipinski definition) is 4. The van der Waals surface area contributed by atoms with E-state index >= 15 is 0 Å². The molecular weight excluding hydrogens is 618 g/mol. The molecule has 1 unspecified atom stereocenters. The van der Waals surface area contributed by atoms with Crippen LogP contribution in [0.25, 0.3) is 0 Å². The van der Waals surface area contributed by atoms with E-state index in [0.717, 1.165) is 48.9 Å². The Hall–Kier alpha value is -1.80. The van der Waals surface area contributed by atoms with E-state index < -0.39 is 17.7 Å². The molecule has 0 aromatic heterocycles. The van der Waals surface area contributed by atoms with Gasteiger partial charge in [-0.25, -0.2) is 9.59 Å². The van der Waals surface area contributed by atoms with Gasteiger partial charge in [0.1, 0.15) is 0 Å². The van der Waals surface area contributed by atoms with Crippen molar-refractivity contribution < 1.29 is 29.3 Å². The van der Waals surface area contributed by atoms with Gasteiger partial charge in [0.25, 0.3) is 0 Å². The molecular formula is C20H18I2N2O6. The second-order valence-corrected chi connectivity index (χ2v) is 9.40. The predicted octanol–water partition coefficient (Wildman–Crippen LogP) is 3.00. The standard InChI is InChI=1S/C20H18I2N2O6/c1-23-17-12(21)4-9(5-13(17)22)6-14-11-8-16-15(7-10(11)2-3-24-14)29-20(30-16,18(25)26)19(27)28/h4-5,7-8,14,23-24H,2-3,6H2,1H3,(H,25,26)(H,27,28). The summed E-state index contributed by atoms with van der Waals surface area (Å²) in [5.74, 6) is -5.88. The van der Waals surface area contributed by atoms with Gasteiger partial charge in [-0.1, -0.05) is 0 Å². The summed E-state index contributed by atoms with van der Waals surface area (Å²) in [5, 5.41) is 25.4. The highest BCUT2D eigenvalue weighted by molar-refractivity contribution is 14.1. The summed E-state index contributed by atoms with van der Waals surface area (Å²) in [7, 11) is 1.90. The fourth-order valence-corrected chi connectivity index (χ4v) is 6.24. The maximum Gasteiger partial charge on any atom is 0.453 e. The van der Waals surface area contributed by atoms with Crippen molar-refractivity contribution in [2.75, 3.05) is 18.9 Å². The first-order chi connectivity index (χ1) is 14.2. The van der Waals surface area contributed by atoms with E-state index in [-0.39, 0.29) is 17.5 Å². The van der Waals surface area contributed by atoms with Gasteiger partial charge in [0.15, 0.2) is 11.5 Å². The van der Waals surface area contributed by atoms with Crippen LogP contribution in [0.2, 0.25) is 0 Å². The molecule has 10 heteroatoms. The SMILES string of the molecule is CNc1c(I)cc(CC2NCCc3cc4c(cc32)OC(C(=O)O)(C(=O)O)O4)cc1I. The van der Waals surface area contributed by atoms with Gasteiger partial charge in [-0.3, -0.25) is 0 Å². The van der Waals surface area contributed by atoms with Crippen LogP contribution in [-0.2, 0) is 22.4 Å². The number of aliphatic carboxylic acids is 2. The van der Waals surface area contributed by atoms with Crippen LogP contribution in [0.5, 0.6) is 11.5 Å². The van der Waals surface area contributed by atoms with Crippen molar-refractivity contribution in [3.63, 3.8) is 0 Å². The second-order valence-electron chi connectivity index (χ2n) is 7.07. The lowest BCUT2D eigenvalue weighted by Crippen LogP contribution is -2.54. The number of carboxylic acids is 2. The quantitative estimate of drug-likeness (QED) is 0.293. The summed E-state index contributed by atoms with van der Waals surface area (Å²) in [6.45, 7) is 0.753. The number of halogens is 2. The lowest BCUT2D eigenvalue weighted by atomic mass is 9.90. The van der Waals surface area contributed by atoms with Crippen molar-refractivity contribution in [1.82, 2.24) is 5.32 Å². The van der Waals surface area contributed by atoms with E-state index in [4.69, 9.17) is 9.47 Å². The summed E-state index contributed by atoms with van der Waals surface area (Å²) < 4.78 is 12.8. The summed E-state index contributed by atoms with van der Waals surface area (Å²) in [5.41, 5.74) is 4.21. The van der Waals surface area contributed by atoms with Gasteiger partial charge in [0.2, 0.25) is 0 Å². The van der Waals surface area contributed by atoms with E-state index in [1.165, 1.54) is 0 Å². The maximum atomic E-state index is 11.5. The molecule has 0 bridgehead atoms. The van der Waals surface area contributed by atoms with Crippen molar-refractivity contribution in [2.45, 2.75) is 24.7 Å². The Balaban J connectivity index is 1.67. The van der Waals surface area contributed by atoms with Crippen LogP contribution in [0.3, 0.4) is 0 Å². The molecule has 0 saturated carbocycles. The fourth-order valence-electron chi connectivity index (χ4n) is 3.81. The number of hydrogen-bond acceptors (Lipinski definition) is 6. The van der Waals surface area contributed by atoms with Crippen LogP contribution >= 0.6 is 45.2 Å². The van der Waals surface area contributed by atoms with Crippen molar-refractivity contribution in [3.8, 4) is 11.5 Å². The van der Waals surface area contributed by atoms with Gasteiger partial charge in [-0.2, -0.15) is 0 Å². The highest BCUT2D eigenvalue weighted by atomic mass is 127. The van der Waals surface area contributed by atoms with Gasteiger partial charge < -0.3 is 30.3 Å². The molecule has 2 aromatic carbocycles. The first-order valence-corrected chi connectivity index (χ1v) is 11.3. The Morgan fingerprint density at radius 2 is 1.73 bits per heavy atom. The third kappa shape index (κ3) is 3.58. The van der Waals surface area contributed by atoms with Crippen LogP contribution in [0.15, 0.2) is 24.3 Å². The molecule has 0 fully saturated rings. The lowest BCUT2D eigenvalue weighted by molar-refractivity contribution is -0.194. The molecule has 0 amide bonds. The van der Waals surface area contributed by atoms with Crippen molar-refractivity contribution in [1.29, 1.82) is 0 Å². The average molecular weight is 636 g/mol. The second kappa shape index (κ2) is 8.04. The van der Waals surface area contributed by atoms with Crippen molar-refractivity contribution >= 4 is 62.8 Å². The van der Waals surface area contributed by atoms with Crippen LogP contribution in [0.1, 0.15) is 22.7 Å². The lowest BCUT2D eigenvalue weighted by Gasteiger charge is -2.27. The van der Waals surface area contributed by atoms with Crippen molar-refractivity contribution in [2.24, 2.45) is 0 Å². The number of fused-ring (bicyclic) bond motifs is 2. The molecule has 2 heterocycles. The molecule has 2 aliphatic heterocycles. The first kappa shape index (κ1) is 21.4. The van der Waals surface area contributed by atoms with Crippen molar-refractivity contribution in [3.05, 3.63) is 48.1 Å². The molecule has 2 aliphatic rings. The molecule has 1 atom stereocenters. The zero-order valence-corrected chi connectivity index (χ0v) is 20.1. The predicted molar refractivity (Wildman–Crippen MR) is 125 cm³/mol. The van der Waals surface area contributed by atoms with Crippen LogP contribution in [-0.4, -0.2) is 41.5 Å². The Morgan fingerprint density at radius 3 is 2.30 bits per heavy atom. The summed E-state index contributed by atoms with van der Waals surface area (Å²) in [6, 6.07) is 7.66. The Bertz CT molecular complexity index is 1020. The van der Waals surface area contributed by atoms with Gasteiger partial charge >= 0.3 is 17.7 Å². The monoisotopic (exact) mass is 636 g/mol. The first-order valence-electron chi connectivity index (χ1n) is 9.16. The average Bonchev–Trinajstić information content (AvgIpc) is 3.06. The molecule has 30 heavy (non-hydrogen) atoms. The summed E-state index contributed by atoms with van der Waals surface area (Å²) in [6.07, 6.45) is 1.45. The summed E-state index contributed by atoms with van der Waals surface area (Å²) >= 11 is 4.62. The number of carbonyl (C=O) groups is 2. The summed E-state index contributed by atoms with van der Waals surface area (Å²) in [4.78, 5) is 23.1. The minimum atomic E-state index is -2.75. The van der Waals surface area contributed by atoms with Gasteiger partial charge in [-0.15, -0.1) is 0 Å². The van der Waals surface area contributed by atoms with Crippen LogP contribution in [0, 0.1) is 7.14 Å². The fraction of sp³-hybridized carbons (Fsp3) is 0.300. The van der Waals surface area contributed by atoms with Gasteiger partial charge in [0, 0.05) is 20.2 Å². The van der Waals surface area contributed by atoms with Crippen LogP contribution < -0.4 is 20.1 Å². The topological polar surface area (TPSA) is 117 Å². The number of nitrogens with one attached hydrogen (secondary N) is 2. The Morgan fingerprint density at radius 1 is 1.13 bits per heavy atom. The largest absolute Gasteiger partial charge is 0.475 e. The molecule has 2 aromatic rings. The number of carboxylic acid groups (broad SMARTS) is 2. The van der Waals surface area contributed by atoms with E-state index in [2.05, 4.69) is 67.9 Å². The smallest absolute Gasteiger partial charge is 0.453 e. The number of benzene rings is 2. The normalized spacial score (nSPS) is 18.6. The van der Waals surface area contributed by atoms with Gasteiger partial charge in [-0.05, 0) is 106 Å². The molecule has 0 radical (unpaired) electrons. The maximum absolute atomic E-state index is 11.5. The van der Waals surface area contributed by atoms with E-state index in [1.54, 1.807) is 12.1 Å². The molecule has 0 aliphatic carbocycles. The number of anilines is 1. The van der Waals surface area contributed by atoms with Crippen LogP contribution in [0.4, 0.5) is 5.69 Å². The number of rotatable bonds is 5. The van der Waals surface area contributed by atoms with Gasteiger partial charge in [0.05, 0.1) is 5.69 Å². The minimum Gasteiger partial charge on any atom is -0.475 e. The Kier molecular flexibility index (Phi) is 5.74.